The number of nitrogens with zero attached hydrogens (tertiary/aromatic N) is 2. The highest BCUT2D eigenvalue weighted by Gasteiger charge is 2.51. The van der Waals surface area contributed by atoms with Crippen LogP contribution in [0.1, 0.15) is 40.9 Å². The van der Waals surface area contributed by atoms with Crippen LogP contribution in [0.2, 0.25) is 0 Å². The van der Waals surface area contributed by atoms with Gasteiger partial charge in [-0.15, -0.1) is 0 Å². The first-order valence-electron chi connectivity index (χ1n) is 12.5. The lowest BCUT2D eigenvalue weighted by atomic mass is 9.64. The summed E-state index contributed by atoms with van der Waals surface area (Å²) in [5.74, 6) is -6.76. The van der Waals surface area contributed by atoms with Crippen molar-refractivity contribution >= 4 is 29.1 Å². The molecule has 0 unspecified atom stereocenters. The number of carbonyl (C=O) groups excluding carboxylic acids is 3. The lowest BCUT2D eigenvalue weighted by Gasteiger charge is -2.43. The predicted molar refractivity (Wildman–Crippen MR) is 136 cm³/mol. The number of anilines is 1. The first-order valence-corrected chi connectivity index (χ1v) is 12.5. The largest absolute Gasteiger partial charge is 0.545 e. The molecule has 0 amide bonds. The van der Waals surface area contributed by atoms with Gasteiger partial charge in [-0.2, -0.15) is 18.4 Å². The zero-order valence-corrected chi connectivity index (χ0v) is 21.6. The molecule has 0 atom stereocenters. The number of halogens is 4. The van der Waals surface area contributed by atoms with Crippen LogP contribution in [0.5, 0.6) is 0 Å². The van der Waals surface area contributed by atoms with Crippen LogP contribution in [0, 0.1) is 0 Å². The molecular weight excluding hydrogens is 528 g/mol. The van der Waals surface area contributed by atoms with Gasteiger partial charge in [0.1, 0.15) is 0 Å². The quantitative estimate of drug-likeness (QED) is 0.430. The summed E-state index contributed by atoms with van der Waals surface area (Å²) >= 11 is 0. The van der Waals surface area contributed by atoms with E-state index in [2.05, 4.69) is 0 Å². The lowest BCUT2D eigenvalue weighted by molar-refractivity contribution is -0.638. The van der Waals surface area contributed by atoms with Crippen molar-refractivity contribution < 1.29 is 41.6 Å². The zero-order valence-electron chi connectivity index (χ0n) is 21.6. The number of benzene rings is 2. The summed E-state index contributed by atoms with van der Waals surface area (Å²) in [6.07, 6.45) is 5.78. The molecule has 4 aliphatic rings. The second kappa shape index (κ2) is 9.41. The fourth-order valence-electron chi connectivity index (χ4n) is 5.78. The Kier molecular flexibility index (Phi) is 6.42. The van der Waals surface area contributed by atoms with Gasteiger partial charge in [-0.05, 0) is 51.6 Å². The third kappa shape index (κ3) is 4.58. The van der Waals surface area contributed by atoms with E-state index in [0.29, 0.717) is 22.5 Å². The van der Waals surface area contributed by atoms with Crippen molar-refractivity contribution in [3.8, 4) is 0 Å². The number of carbonyl (C=O) groups is 1. The number of alkyl halides is 4. The van der Waals surface area contributed by atoms with E-state index in [0.717, 1.165) is 22.3 Å². The normalized spacial score (nSPS) is 21.1. The Bertz CT molecular complexity index is 1580. The maximum atomic E-state index is 13.6. The highest BCUT2D eigenvalue weighted by Crippen LogP contribution is 2.51. The van der Waals surface area contributed by atoms with E-state index in [9.17, 15) is 27.5 Å². The summed E-state index contributed by atoms with van der Waals surface area (Å²) in [5, 5.41) is 12.0. The Hall–Kier alpha value is -4.30. The van der Waals surface area contributed by atoms with E-state index in [1.54, 1.807) is 39.8 Å². The maximum Gasteiger partial charge on any atom is 0.373 e. The topological polar surface area (TPSA) is 80.5 Å². The van der Waals surface area contributed by atoms with E-state index in [1.165, 1.54) is 6.07 Å². The van der Waals surface area contributed by atoms with E-state index in [4.69, 9.17) is 9.59 Å². The fraction of sp³-hybridized carbons (Fsp3) is 0.300. The molecule has 2 aliphatic carbocycles. The molecule has 6 rings (SSSR count). The Morgan fingerprint density at radius 1 is 0.950 bits per heavy atom. The monoisotopic (exact) mass is 552 g/mol. The summed E-state index contributed by atoms with van der Waals surface area (Å²) < 4.78 is 56.1. The minimum absolute atomic E-state index is 0.0343. The molecule has 2 aromatic rings. The van der Waals surface area contributed by atoms with Crippen molar-refractivity contribution in [3.05, 3.63) is 94.1 Å². The molecule has 6 nitrogen and oxygen atoms in total. The molecule has 10 heteroatoms. The van der Waals surface area contributed by atoms with Gasteiger partial charge in [0, 0.05) is 28.8 Å². The zero-order chi connectivity index (χ0) is 29.0. The second-order valence-corrected chi connectivity index (χ2v) is 10.8. The first-order chi connectivity index (χ1) is 18.8. The minimum atomic E-state index is -2.73. The molecule has 0 bridgehead atoms. The number of allylic oxidation sites excluding steroid dienone is 5. The number of aromatic carboxylic acids is 1. The van der Waals surface area contributed by atoms with Gasteiger partial charge >= 0.3 is 12.1 Å². The van der Waals surface area contributed by atoms with Crippen molar-refractivity contribution in [2.75, 3.05) is 31.1 Å². The van der Waals surface area contributed by atoms with E-state index in [1.807, 2.05) is 38.1 Å². The van der Waals surface area contributed by atoms with Crippen molar-refractivity contribution in [1.82, 2.24) is 0 Å². The number of carboxylic acids is 1. The average molecular weight is 553 g/mol. The fourth-order valence-corrected chi connectivity index (χ4v) is 5.78. The van der Waals surface area contributed by atoms with Crippen LogP contribution in [-0.2, 0) is 15.0 Å². The number of hydrogen-bond donors (Lipinski definition) is 0. The lowest BCUT2D eigenvalue weighted by Crippen LogP contribution is -2.56. The Morgan fingerprint density at radius 3 is 2.20 bits per heavy atom. The molecule has 0 aromatic heterocycles. The SMILES string of the molecule is CC1(C)C2=CC(=[N+]3CC(F)(F)C3)C=CC2=C(c2ccccc2C(=O)[O-])c2ccc(N3CC(F)(F)C3)cc21.O=C=O. The van der Waals surface area contributed by atoms with Crippen LogP contribution in [0.15, 0.2) is 71.8 Å². The minimum Gasteiger partial charge on any atom is -0.545 e. The van der Waals surface area contributed by atoms with Gasteiger partial charge in [-0.25, -0.2) is 13.4 Å². The van der Waals surface area contributed by atoms with Crippen LogP contribution >= 0.6 is 0 Å². The highest BCUT2D eigenvalue weighted by atomic mass is 19.3. The maximum absolute atomic E-state index is 13.6. The molecule has 0 radical (unpaired) electrons. The molecule has 2 saturated heterocycles. The molecule has 2 aliphatic heterocycles. The molecule has 2 fully saturated rings. The van der Waals surface area contributed by atoms with Crippen LogP contribution in [0.25, 0.3) is 5.57 Å². The van der Waals surface area contributed by atoms with Gasteiger partial charge in [0.05, 0.1) is 19.1 Å². The van der Waals surface area contributed by atoms with Crippen LogP contribution in [0.3, 0.4) is 0 Å². The van der Waals surface area contributed by atoms with Gasteiger partial charge in [-0.1, -0.05) is 44.2 Å². The van der Waals surface area contributed by atoms with Gasteiger partial charge in [0.2, 0.25) is 18.8 Å². The molecular formula is C30H24F4N2O4. The molecule has 2 heterocycles. The summed E-state index contributed by atoms with van der Waals surface area (Å²) in [6.45, 7) is 2.57. The molecule has 2 aromatic carbocycles. The van der Waals surface area contributed by atoms with Gasteiger partial charge in [0.25, 0.3) is 5.92 Å². The average Bonchev–Trinajstić information content (AvgIpc) is 2.86. The summed E-state index contributed by atoms with van der Waals surface area (Å²) in [7, 11) is 0. The summed E-state index contributed by atoms with van der Waals surface area (Å²) in [6, 6.07) is 12.1. The smallest absolute Gasteiger partial charge is 0.373 e. The van der Waals surface area contributed by atoms with Crippen molar-refractivity contribution in [3.63, 3.8) is 0 Å². The van der Waals surface area contributed by atoms with E-state index >= 15 is 0 Å². The number of hydrogen-bond acceptors (Lipinski definition) is 5. The Labute approximate surface area is 227 Å². The number of fused-ring (bicyclic) bond motifs is 2. The van der Waals surface area contributed by atoms with Gasteiger partial charge in [-0.3, -0.25) is 0 Å². The molecule has 206 valence electrons. The van der Waals surface area contributed by atoms with Crippen LogP contribution in [0.4, 0.5) is 23.2 Å². The number of rotatable bonds is 3. The third-order valence-electron chi connectivity index (χ3n) is 7.73. The highest BCUT2D eigenvalue weighted by molar-refractivity contribution is 6.08. The van der Waals surface area contributed by atoms with Crippen molar-refractivity contribution in [2.45, 2.75) is 31.1 Å². The van der Waals surface area contributed by atoms with E-state index < -0.39 is 23.2 Å². The number of carboxylic acid groups (broad SMARTS) is 1. The summed E-state index contributed by atoms with van der Waals surface area (Å²) in [5.41, 5.74) is 5.20. The summed E-state index contributed by atoms with van der Waals surface area (Å²) in [4.78, 5) is 29.9. The Morgan fingerprint density at radius 2 is 1.60 bits per heavy atom. The molecule has 40 heavy (non-hydrogen) atoms. The molecule has 0 spiro atoms. The van der Waals surface area contributed by atoms with E-state index in [-0.39, 0.29) is 37.9 Å². The molecule has 0 saturated carbocycles. The van der Waals surface area contributed by atoms with Crippen molar-refractivity contribution in [1.29, 1.82) is 0 Å². The first kappa shape index (κ1) is 27.3. The van der Waals surface area contributed by atoms with Crippen molar-refractivity contribution in [2.24, 2.45) is 0 Å². The van der Waals surface area contributed by atoms with Crippen LogP contribution in [-0.4, -0.2) is 60.4 Å². The van der Waals surface area contributed by atoms with Crippen LogP contribution < -0.4 is 10.0 Å². The van der Waals surface area contributed by atoms with Gasteiger partial charge < -0.3 is 14.8 Å². The predicted octanol–water partition coefficient (Wildman–Crippen LogP) is 3.61. The third-order valence-corrected chi connectivity index (χ3v) is 7.73. The standard InChI is InChI=1S/C29H24F4N2O2.CO2/c1-27(2)23-11-17(34-13-28(30,31)14-34)7-9-21(23)25(19-5-3-4-6-20(19)26(36)37)22-10-8-18(12-24(22)27)35-15-29(32,33)16-35;2-1-3/h3-12H,13-16H2,1-2H3;. The molecule has 0 N–H and O–H groups in total. The second-order valence-electron chi connectivity index (χ2n) is 10.8. The van der Waals surface area contributed by atoms with Gasteiger partial charge in [0.15, 0.2) is 0 Å². The Balaban J connectivity index is 0.00000103.